The van der Waals surface area contributed by atoms with E-state index < -0.39 is 0 Å². The number of benzene rings is 1. The number of aryl methyl sites for hydroxylation is 1. The van der Waals surface area contributed by atoms with Crippen molar-refractivity contribution in [2.24, 2.45) is 5.73 Å². The summed E-state index contributed by atoms with van der Waals surface area (Å²) in [5.74, 6) is 0.479. The molecule has 0 heterocycles. The minimum absolute atomic E-state index is 0.227. The van der Waals surface area contributed by atoms with Crippen LogP contribution in [0, 0.1) is 12.7 Å². The maximum Gasteiger partial charge on any atom is 0.126 e. The topological polar surface area (TPSA) is 38.5 Å². The molecule has 19 heavy (non-hydrogen) atoms. The molecule has 0 aliphatic heterocycles. The van der Waals surface area contributed by atoms with Gasteiger partial charge in [0.15, 0.2) is 0 Å². The highest BCUT2D eigenvalue weighted by Crippen LogP contribution is 2.28. The van der Waals surface area contributed by atoms with Gasteiger partial charge in [-0.05, 0) is 51.4 Å². The number of nitrogens with zero attached hydrogens (tertiary/aromatic N) is 1. The van der Waals surface area contributed by atoms with Crippen molar-refractivity contribution in [3.05, 3.63) is 29.1 Å². The van der Waals surface area contributed by atoms with E-state index in [-0.39, 0.29) is 11.9 Å². The zero-order valence-corrected chi connectivity index (χ0v) is 11.9. The molecule has 2 rings (SSSR count). The van der Waals surface area contributed by atoms with E-state index in [9.17, 15) is 4.39 Å². The fourth-order valence-electron chi connectivity index (χ4n) is 2.15. The fourth-order valence-corrected chi connectivity index (χ4v) is 2.15. The number of rotatable bonds is 6. The van der Waals surface area contributed by atoms with Gasteiger partial charge in [0.25, 0.3) is 0 Å². The first-order chi connectivity index (χ1) is 8.99. The molecule has 0 aromatic heterocycles. The first kappa shape index (κ1) is 14.3. The lowest BCUT2D eigenvalue weighted by Crippen LogP contribution is -2.26. The molecule has 1 aromatic carbocycles. The van der Waals surface area contributed by atoms with Gasteiger partial charge in [0.05, 0.1) is 0 Å². The second-order valence-corrected chi connectivity index (χ2v) is 5.49. The van der Waals surface area contributed by atoms with Crippen molar-refractivity contribution in [1.82, 2.24) is 4.90 Å². The average Bonchev–Trinajstić information content (AvgIpc) is 3.16. The Labute approximate surface area is 114 Å². The van der Waals surface area contributed by atoms with E-state index in [4.69, 9.17) is 10.5 Å². The van der Waals surface area contributed by atoms with Gasteiger partial charge in [0.2, 0.25) is 0 Å². The third kappa shape index (κ3) is 3.67. The van der Waals surface area contributed by atoms with Crippen LogP contribution in [0.5, 0.6) is 5.75 Å². The van der Waals surface area contributed by atoms with E-state index in [1.165, 1.54) is 18.9 Å². The van der Waals surface area contributed by atoms with Gasteiger partial charge in [-0.15, -0.1) is 0 Å². The van der Waals surface area contributed by atoms with E-state index in [1.807, 2.05) is 6.92 Å². The lowest BCUT2D eigenvalue weighted by molar-refractivity contribution is 0.230. The van der Waals surface area contributed by atoms with E-state index in [1.54, 1.807) is 13.0 Å². The largest absolute Gasteiger partial charge is 0.492 e. The molecule has 0 radical (unpaired) electrons. The predicted octanol–water partition coefficient (Wildman–Crippen LogP) is 2.63. The van der Waals surface area contributed by atoms with Gasteiger partial charge in [-0.3, -0.25) is 0 Å². The minimum Gasteiger partial charge on any atom is -0.492 e. The Morgan fingerprint density at radius 1 is 1.47 bits per heavy atom. The Bertz CT molecular complexity index is 444. The summed E-state index contributed by atoms with van der Waals surface area (Å²) in [6.45, 7) is 5.08. The summed E-state index contributed by atoms with van der Waals surface area (Å²) in [6.07, 6.45) is 2.58. The quantitative estimate of drug-likeness (QED) is 0.860. The monoisotopic (exact) mass is 266 g/mol. The van der Waals surface area contributed by atoms with Gasteiger partial charge < -0.3 is 15.4 Å². The third-order valence-corrected chi connectivity index (χ3v) is 3.65. The molecule has 0 amide bonds. The summed E-state index contributed by atoms with van der Waals surface area (Å²) in [6, 6.07) is 3.73. The molecule has 1 fully saturated rings. The highest BCUT2D eigenvalue weighted by Gasteiger charge is 2.25. The van der Waals surface area contributed by atoms with Gasteiger partial charge in [-0.2, -0.15) is 0 Å². The summed E-state index contributed by atoms with van der Waals surface area (Å²) in [4.78, 5) is 2.31. The number of hydrogen-bond acceptors (Lipinski definition) is 3. The number of hydrogen-bond donors (Lipinski definition) is 1. The van der Waals surface area contributed by atoms with Crippen LogP contribution < -0.4 is 10.5 Å². The van der Waals surface area contributed by atoms with Crippen molar-refractivity contribution in [2.75, 3.05) is 20.2 Å². The first-order valence-corrected chi connectivity index (χ1v) is 6.87. The van der Waals surface area contributed by atoms with Gasteiger partial charge in [-0.25, -0.2) is 4.39 Å². The zero-order valence-electron chi connectivity index (χ0n) is 11.9. The maximum atomic E-state index is 13.6. The third-order valence-electron chi connectivity index (χ3n) is 3.65. The molecule has 3 nitrogen and oxygen atoms in total. The molecule has 1 aliphatic rings. The van der Waals surface area contributed by atoms with E-state index in [2.05, 4.69) is 11.9 Å². The lowest BCUT2D eigenvalue weighted by atomic mass is 10.1. The minimum atomic E-state index is -0.230. The van der Waals surface area contributed by atoms with Gasteiger partial charge in [-0.1, -0.05) is 0 Å². The molecule has 1 atom stereocenters. The van der Waals surface area contributed by atoms with Crippen LogP contribution >= 0.6 is 0 Å². The Hall–Kier alpha value is -1.13. The van der Waals surface area contributed by atoms with Crippen LogP contribution in [-0.2, 0) is 0 Å². The molecule has 2 N–H and O–H groups in total. The standard InChI is InChI=1S/C15H23FN2O/c1-10-8-15(13(11(2)17)9-14(10)16)19-7-6-18(3)12-4-5-12/h8-9,11-12H,4-7,17H2,1-3H3. The summed E-state index contributed by atoms with van der Waals surface area (Å²) in [5.41, 5.74) is 7.19. The Morgan fingerprint density at radius 2 is 2.16 bits per heavy atom. The molecular formula is C15H23FN2O. The SMILES string of the molecule is Cc1cc(OCCN(C)C2CC2)c(C(C)N)cc1F. The van der Waals surface area contributed by atoms with Crippen molar-refractivity contribution in [3.63, 3.8) is 0 Å². The van der Waals surface area contributed by atoms with E-state index in [0.717, 1.165) is 18.2 Å². The van der Waals surface area contributed by atoms with E-state index >= 15 is 0 Å². The highest BCUT2D eigenvalue weighted by molar-refractivity contribution is 5.39. The second-order valence-electron chi connectivity index (χ2n) is 5.49. The molecule has 1 saturated carbocycles. The molecule has 4 heteroatoms. The number of ether oxygens (including phenoxy) is 1. The maximum absolute atomic E-state index is 13.6. The molecule has 1 aliphatic carbocycles. The highest BCUT2D eigenvalue weighted by atomic mass is 19.1. The zero-order chi connectivity index (χ0) is 14.0. The average molecular weight is 266 g/mol. The van der Waals surface area contributed by atoms with Gasteiger partial charge >= 0.3 is 0 Å². The van der Waals surface area contributed by atoms with Crippen LogP contribution in [0.15, 0.2) is 12.1 Å². The number of halogens is 1. The molecule has 1 aromatic rings. The van der Waals surface area contributed by atoms with Crippen LogP contribution in [-0.4, -0.2) is 31.1 Å². The van der Waals surface area contributed by atoms with Crippen molar-refractivity contribution in [1.29, 1.82) is 0 Å². The summed E-state index contributed by atoms with van der Waals surface area (Å²) in [7, 11) is 2.11. The Kier molecular flexibility index (Phi) is 4.42. The van der Waals surface area contributed by atoms with Crippen molar-refractivity contribution in [2.45, 2.75) is 38.8 Å². The Morgan fingerprint density at radius 3 is 2.74 bits per heavy atom. The van der Waals surface area contributed by atoms with Crippen LogP contribution in [0.4, 0.5) is 4.39 Å². The molecule has 1 unspecified atom stereocenters. The van der Waals surface area contributed by atoms with Gasteiger partial charge in [0.1, 0.15) is 18.2 Å². The Balaban J connectivity index is 1.99. The normalized spacial score (nSPS) is 16.7. The first-order valence-electron chi connectivity index (χ1n) is 6.87. The molecule has 0 bridgehead atoms. The summed E-state index contributed by atoms with van der Waals surface area (Å²) < 4.78 is 19.4. The molecule has 0 saturated heterocycles. The van der Waals surface area contributed by atoms with Crippen LogP contribution in [0.3, 0.4) is 0 Å². The lowest BCUT2D eigenvalue weighted by Gasteiger charge is -2.19. The summed E-state index contributed by atoms with van der Waals surface area (Å²) in [5, 5.41) is 0. The molecular weight excluding hydrogens is 243 g/mol. The molecule has 106 valence electrons. The van der Waals surface area contributed by atoms with Crippen LogP contribution in [0.2, 0.25) is 0 Å². The van der Waals surface area contributed by atoms with Gasteiger partial charge in [0, 0.05) is 24.2 Å². The number of nitrogens with two attached hydrogens (primary N) is 1. The summed E-state index contributed by atoms with van der Waals surface area (Å²) >= 11 is 0. The van der Waals surface area contributed by atoms with Crippen LogP contribution in [0.1, 0.15) is 36.9 Å². The predicted molar refractivity (Wildman–Crippen MR) is 74.9 cm³/mol. The second kappa shape index (κ2) is 5.88. The van der Waals surface area contributed by atoms with Crippen LogP contribution in [0.25, 0.3) is 0 Å². The van der Waals surface area contributed by atoms with Crippen molar-refractivity contribution < 1.29 is 9.13 Å². The van der Waals surface area contributed by atoms with E-state index in [0.29, 0.717) is 17.9 Å². The smallest absolute Gasteiger partial charge is 0.126 e. The van der Waals surface area contributed by atoms with Crippen molar-refractivity contribution in [3.8, 4) is 5.75 Å². The fraction of sp³-hybridized carbons (Fsp3) is 0.600. The van der Waals surface area contributed by atoms with Crippen molar-refractivity contribution >= 4 is 0 Å². The number of likely N-dealkylation sites (N-methyl/N-ethyl adjacent to an activating group) is 1. The molecule has 0 spiro atoms.